The first-order valence-corrected chi connectivity index (χ1v) is 7.22. The fourth-order valence-corrected chi connectivity index (χ4v) is 2.98. The number of benzene rings is 1. The molecular weight excluding hydrogens is 246 g/mol. The molecule has 4 nitrogen and oxygen atoms in total. The number of aliphatic hydroxyl groups is 1. The number of hydrogen-bond donors (Lipinski definition) is 2. The molecule has 0 saturated heterocycles. The Bertz CT molecular complexity index is 589. The van der Waals surface area contributed by atoms with E-state index in [1.807, 2.05) is 17.5 Å². The molecule has 1 aromatic carbocycles. The molecule has 0 aliphatic carbocycles. The van der Waals surface area contributed by atoms with E-state index in [4.69, 9.17) is 5.11 Å². The summed E-state index contributed by atoms with van der Waals surface area (Å²) in [7, 11) is -3.43. The second kappa shape index (κ2) is 4.40. The molecule has 0 amide bonds. The van der Waals surface area contributed by atoms with Crippen LogP contribution in [0.4, 0.5) is 5.69 Å². The van der Waals surface area contributed by atoms with Crippen molar-refractivity contribution in [3.63, 3.8) is 0 Å². The first-order chi connectivity index (χ1) is 7.61. The number of anilines is 1. The molecule has 1 aromatic heterocycles. The van der Waals surface area contributed by atoms with Gasteiger partial charge in [-0.3, -0.25) is 4.72 Å². The molecule has 16 heavy (non-hydrogen) atoms. The highest BCUT2D eigenvalue weighted by atomic mass is 32.2. The average Bonchev–Trinajstić information content (AvgIpc) is 2.63. The standard InChI is InChI=1S/C10H11NO3S2/c12-4-6-16(13,14)11-9-1-2-10-8(7-9)3-5-15-10/h1-3,5,7,11-12H,4,6H2. The summed E-state index contributed by atoms with van der Waals surface area (Å²) in [5, 5.41) is 11.6. The lowest BCUT2D eigenvalue weighted by molar-refractivity contribution is 0.320. The number of fused-ring (bicyclic) bond motifs is 1. The second-order valence-corrected chi connectivity index (χ2v) is 6.11. The Morgan fingerprint density at radius 3 is 2.88 bits per heavy atom. The number of rotatable bonds is 4. The van der Waals surface area contributed by atoms with Gasteiger partial charge in [0.1, 0.15) is 0 Å². The maximum Gasteiger partial charge on any atom is 0.234 e. The molecule has 0 aliphatic heterocycles. The van der Waals surface area contributed by atoms with Gasteiger partial charge in [0.2, 0.25) is 10.0 Å². The summed E-state index contributed by atoms with van der Waals surface area (Å²) in [5.74, 6) is -0.283. The van der Waals surface area contributed by atoms with Gasteiger partial charge in [-0.15, -0.1) is 11.3 Å². The van der Waals surface area contributed by atoms with Crippen molar-refractivity contribution < 1.29 is 13.5 Å². The molecule has 0 atom stereocenters. The third-order valence-electron chi connectivity index (χ3n) is 2.09. The SMILES string of the molecule is O=S(=O)(CCO)Nc1ccc2sccc2c1. The van der Waals surface area contributed by atoms with Gasteiger partial charge in [-0.2, -0.15) is 0 Å². The minimum Gasteiger partial charge on any atom is -0.395 e. The fraction of sp³-hybridized carbons (Fsp3) is 0.200. The van der Waals surface area contributed by atoms with Gasteiger partial charge >= 0.3 is 0 Å². The van der Waals surface area contributed by atoms with Crippen LogP contribution in [0.15, 0.2) is 29.6 Å². The summed E-state index contributed by atoms with van der Waals surface area (Å²) >= 11 is 1.61. The summed E-state index contributed by atoms with van der Waals surface area (Å²) in [4.78, 5) is 0. The molecule has 0 aliphatic rings. The number of sulfonamides is 1. The zero-order valence-corrected chi connectivity index (χ0v) is 10.0. The Morgan fingerprint density at radius 1 is 1.31 bits per heavy atom. The number of nitrogens with one attached hydrogen (secondary N) is 1. The van der Waals surface area contributed by atoms with Crippen LogP contribution in [0.25, 0.3) is 10.1 Å². The lowest BCUT2D eigenvalue weighted by atomic mass is 10.2. The molecule has 0 unspecified atom stereocenters. The van der Waals surface area contributed by atoms with Crippen LogP contribution in [0, 0.1) is 0 Å². The zero-order chi connectivity index (χ0) is 11.6. The molecule has 6 heteroatoms. The lowest BCUT2D eigenvalue weighted by Crippen LogP contribution is -2.18. The minimum atomic E-state index is -3.43. The number of hydrogen-bond acceptors (Lipinski definition) is 4. The Hall–Kier alpha value is -1.11. The highest BCUT2D eigenvalue weighted by Gasteiger charge is 2.09. The van der Waals surface area contributed by atoms with E-state index in [9.17, 15) is 8.42 Å². The van der Waals surface area contributed by atoms with Crippen molar-refractivity contribution in [2.75, 3.05) is 17.1 Å². The first-order valence-electron chi connectivity index (χ1n) is 4.69. The molecule has 86 valence electrons. The molecule has 0 saturated carbocycles. The van der Waals surface area contributed by atoms with Crippen molar-refractivity contribution in [1.29, 1.82) is 0 Å². The Kier molecular flexibility index (Phi) is 3.13. The van der Waals surface area contributed by atoms with Crippen LogP contribution < -0.4 is 4.72 Å². The van der Waals surface area contributed by atoms with Gasteiger partial charge in [0.15, 0.2) is 0 Å². The van der Waals surface area contributed by atoms with E-state index in [0.29, 0.717) is 5.69 Å². The first kappa shape index (κ1) is 11.4. The average molecular weight is 257 g/mol. The van der Waals surface area contributed by atoms with Crippen molar-refractivity contribution in [1.82, 2.24) is 0 Å². The highest BCUT2D eigenvalue weighted by Crippen LogP contribution is 2.24. The summed E-state index contributed by atoms with van der Waals surface area (Å²) in [6.45, 7) is -0.379. The van der Waals surface area contributed by atoms with E-state index < -0.39 is 10.0 Å². The second-order valence-electron chi connectivity index (χ2n) is 3.32. The van der Waals surface area contributed by atoms with Gasteiger partial charge in [-0.1, -0.05) is 0 Å². The van der Waals surface area contributed by atoms with Crippen molar-refractivity contribution in [2.24, 2.45) is 0 Å². The highest BCUT2D eigenvalue weighted by molar-refractivity contribution is 7.92. The van der Waals surface area contributed by atoms with Gasteiger partial charge in [0, 0.05) is 10.4 Å². The largest absolute Gasteiger partial charge is 0.395 e. The topological polar surface area (TPSA) is 66.4 Å². The van der Waals surface area contributed by atoms with Crippen LogP contribution in [0.3, 0.4) is 0 Å². The molecule has 0 fully saturated rings. The molecule has 2 rings (SSSR count). The monoisotopic (exact) mass is 257 g/mol. The molecular formula is C10H11NO3S2. The summed E-state index contributed by atoms with van der Waals surface area (Å²) in [6, 6.07) is 7.30. The van der Waals surface area contributed by atoms with E-state index in [1.165, 1.54) is 0 Å². The van der Waals surface area contributed by atoms with E-state index in [-0.39, 0.29) is 12.4 Å². The quantitative estimate of drug-likeness (QED) is 0.875. The van der Waals surface area contributed by atoms with Crippen LogP contribution in [0.1, 0.15) is 0 Å². The molecule has 0 radical (unpaired) electrons. The van der Waals surface area contributed by atoms with Gasteiger partial charge < -0.3 is 5.11 Å². The summed E-state index contributed by atoms with van der Waals surface area (Å²) < 4.78 is 26.3. The van der Waals surface area contributed by atoms with Gasteiger partial charge in [-0.25, -0.2) is 8.42 Å². The molecule has 2 N–H and O–H groups in total. The summed E-state index contributed by atoms with van der Waals surface area (Å²) in [6.07, 6.45) is 0. The van der Waals surface area contributed by atoms with Gasteiger partial charge in [-0.05, 0) is 35.0 Å². The normalized spacial score (nSPS) is 11.8. The Balaban J connectivity index is 2.27. The van der Waals surface area contributed by atoms with Crippen molar-refractivity contribution >= 4 is 37.1 Å². The summed E-state index contributed by atoms with van der Waals surface area (Å²) in [5.41, 5.74) is 0.527. The van der Waals surface area contributed by atoms with Crippen molar-refractivity contribution in [3.05, 3.63) is 29.6 Å². The molecule has 1 heterocycles. The van der Waals surface area contributed by atoms with Crippen LogP contribution >= 0.6 is 11.3 Å². The molecule has 0 spiro atoms. The maximum atomic E-state index is 11.4. The molecule has 0 bridgehead atoms. The van der Waals surface area contributed by atoms with E-state index >= 15 is 0 Å². The Morgan fingerprint density at radius 2 is 2.12 bits per heavy atom. The Labute approximate surface area is 97.6 Å². The third kappa shape index (κ3) is 2.52. The van der Waals surface area contributed by atoms with Crippen LogP contribution in [-0.2, 0) is 10.0 Å². The third-order valence-corrected chi connectivity index (χ3v) is 4.25. The van der Waals surface area contributed by atoms with Crippen LogP contribution in [0.2, 0.25) is 0 Å². The molecule has 2 aromatic rings. The van der Waals surface area contributed by atoms with E-state index in [0.717, 1.165) is 10.1 Å². The van der Waals surface area contributed by atoms with Crippen molar-refractivity contribution in [3.8, 4) is 0 Å². The zero-order valence-electron chi connectivity index (χ0n) is 8.38. The minimum absolute atomic E-state index is 0.283. The predicted molar refractivity (Wildman–Crippen MR) is 66.3 cm³/mol. The smallest absolute Gasteiger partial charge is 0.234 e. The lowest BCUT2D eigenvalue weighted by Gasteiger charge is -2.06. The van der Waals surface area contributed by atoms with Crippen LogP contribution in [-0.4, -0.2) is 25.9 Å². The van der Waals surface area contributed by atoms with Crippen molar-refractivity contribution in [2.45, 2.75) is 0 Å². The predicted octanol–water partition coefficient (Wildman–Crippen LogP) is 1.64. The van der Waals surface area contributed by atoms with Gasteiger partial charge in [0.25, 0.3) is 0 Å². The fourth-order valence-electron chi connectivity index (χ4n) is 1.38. The van der Waals surface area contributed by atoms with E-state index in [1.54, 1.807) is 23.5 Å². The number of thiophene rings is 1. The van der Waals surface area contributed by atoms with Gasteiger partial charge in [0.05, 0.1) is 12.4 Å². The van der Waals surface area contributed by atoms with Crippen LogP contribution in [0.5, 0.6) is 0 Å². The van der Waals surface area contributed by atoms with E-state index in [2.05, 4.69) is 4.72 Å². The maximum absolute atomic E-state index is 11.4. The number of aliphatic hydroxyl groups excluding tert-OH is 1.